The van der Waals surface area contributed by atoms with Gasteiger partial charge in [0.05, 0.1) is 23.2 Å². The molecule has 3 aromatic heterocycles. The molecule has 1 amide bonds. The Kier molecular flexibility index (Phi) is 4.17. The predicted molar refractivity (Wildman–Crippen MR) is 88.9 cm³/mol. The number of carbonyl (C=O) groups is 1. The van der Waals surface area contributed by atoms with Crippen molar-refractivity contribution < 1.29 is 9.53 Å². The number of carbonyl (C=O) groups excluding carboxylic acids is 1. The molecule has 0 fully saturated rings. The largest absolute Gasteiger partial charge is 0.481 e. The smallest absolute Gasteiger partial charge is 0.259 e. The van der Waals surface area contributed by atoms with Gasteiger partial charge in [-0.05, 0) is 25.1 Å². The highest BCUT2D eigenvalue weighted by Gasteiger charge is 2.11. The Labute approximate surface area is 135 Å². The van der Waals surface area contributed by atoms with E-state index in [0.717, 1.165) is 10.6 Å². The highest BCUT2D eigenvalue weighted by atomic mass is 32.1. The number of methoxy groups -OCH3 is 1. The highest BCUT2D eigenvalue weighted by molar-refractivity contribution is 7.17. The van der Waals surface area contributed by atoms with Crippen LogP contribution in [0.3, 0.4) is 0 Å². The number of hydrogen-bond donors (Lipinski definition) is 1. The Morgan fingerprint density at radius 2 is 2.14 bits per heavy atom. The summed E-state index contributed by atoms with van der Waals surface area (Å²) in [6, 6.07) is 7.41. The number of rotatable bonds is 4. The summed E-state index contributed by atoms with van der Waals surface area (Å²) in [5, 5.41) is 5.29. The van der Waals surface area contributed by atoms with Crippen molar-refractivity contribution in [3.8, 4) is 16.5 Å². The van der Waals surface area contributed by atoms with Crippen molar-refractivity contribution in [3.63, 3.8) is 0 Å². The van der Waals surface area contributed by atoms with E-state index in [9.17, 15) is 4.79 Å². The summed E-state index contributed by atoms with van der Waals surface area (Å²) in [6.07, 6.45) is 1.48. The van der Waals surface area contributed by atoms with E-state index < -0.39 is 0 Å². The van der Waals surface area contributed by atoms with Crippen molar-refractivity contribution >= 4 is 33.7 Å². The average molecular weight is 331 g/mol. The molecule has 3 rings (SSSR count). The molecule has 22 heavy (non-hydrogen) atoms. The fourth-order valence-electron chi connectivity index (χ4n) is 1.82. The molecule has 1 N–H and O–H groups in total. The van der Waals surface area contributed by atoms with Gasteiger partial charge in [0.2, 0.25) is 5.88 Å². The van der Waals surface area contributed by atoms with Crippen molar-refractivity contribution in [1.29, 1.82) is 0 Å². The number of nitrogens with one attached hydrogen (secondary N) is 1. The maximum absolute atomic E-state index is 12.1. The van der Waals surface area contributed by atoms with E-state index in [0.29, 0.717) is 16.6 Å². The Morgan fingerprint density at radius 3 is 2.77 bits per heavy atom. The zero-order valence-electron chi connectivity index (χ0n) is 12.0. The molecule has 0 spiro atoms. The minimum Gasteiger partial charge on any atom is -0.481 e. The molecular weight excluding hydrogens is 318 g/mol. The van der Waals surface area contributed by atoms with Crippen LogP contribution in [0.1, 0.15) is 15.2 Å². The number of nitrogens with zero attached hydrogens (tertiary/aromatic N) is 2. The Hall–Kier alpha value is -2.25. The van der Waals surface area contributed by atoms with Crippen LogP contribution in [0.2, 0.25) is 0 Å². The minimum absolute atomic E-state index is 0.238. The molecular formula is C15H13N3O2S2. The molecule has 0 saturated heterocycles. The van der Waals surface area contributed by atoms with Gasteiger partial charge in [-0.1, -0.05) is 0 Å². The van der Waals surface area contributed by atoms with Gasteiger partial charge >= 0.3 is 0 Å². The van der Waals surface area contributed by atoms with Gasteiger partial charge in [0.15, 0.2) is 5.13 Å². The van der Waals surface area contributed by atoms with Gasteiger partial charge in [-0.25, -0.2) is 9.97 Å². The van der Waals surface area contributed by atoms with Gasteiger partial charge in [0.1, 0.15) is 0 Å². The van der Waals surface area contributed by atoms with Gasteiger partial charge in [0.25, 0.3) is 5.91 Å². The van der Waals surface area contributed by atoms with Crippen LogP contribution in [-0.2, 0) is 0 Å². The van der Waals surface area contributed by atoms with Crippen LogP contribution < -0.4 is 10.1 Å². The average Bonchev–Trinajstić information content (AvgIpc) is 3.16. The van der Waals surface area contributed by atoms with E-state index >= 15 is 0 Å². The van der Waals surface area contributed by atoms with E-state index in [4.69, 9.17) is 4.74 Å². The predicted octanol–water partition coefficient (Wildman–Crippen LogP) is 3.84. The molecule has 0 unspecified atom stereocenters. The summed E-state index contributed by atoms with van der Waals surface area (Å²) in [4.78, 5) is 22.9. The van der Waals surface area contributed by atoms with Crippen LogP contribution in [0.25, 0.3) is 10.6 Å². The van der Waals surface area contributed by atoms with Crippen LogP contribution in [-0.4, -0.2) is 23.0 Å². The molecule has 112 valence electrons. The van der Waals surface area contributed by atoms with Crippen molar-refractivity contribution in [2.75, 3.05) is 12.4 Å². The third-order valence-electron chi connectivity index (χ3n) is 2.93. The van der Waals surface area contributed by atoms with E-state index in [-0.39, 0.29) is 5.91 Å². The molecule has 0 radical (unpaired) electrons. The zero-order chi connectivity index (χ0) is 15.5. The molecule has 0 aliphatic carbocycles. The van der Waals surface area contributed by atoms with Crippen LogP contribution in [0.15, 0.2) is 35.8 Å². The monoisotopic (exact) mass is 331 g/mol. The molecule has 0 atom stereocenters. The fraction of sp³-hybridized carbons (Fsp3) is 0.133. The van der Waals surface area contributed by atoms with E-state index in [1.54, 1.807) is 23.5 Å². The number of anilines is 1. The molecule has 5 nitrogen and oxygen atoms in total. The highest BCUT2D eigenvalue weighted by Crippen LogP contribution is 2.30. The van der Waals surface area contributed by atoms with E-state index in [1.807, 2.05) is 11.4 Å². The second kappa shape index (κ2) is 6.25. The molecule has 0 aromatic carbocycles. The van der Waals surface area contributed by atoms with Crippen LogP contribution in [0.5, 0.6) is 5.88 Å². The van der Waals surface area contributed by atoms with Crippen LogP contribution in [0.4, 0.5) is 5.13 Å². The zero-order valence-corrected chi connectivity index (χ0v) is 13.6. The molecule has 3 heterocycles. The fourth-order valence-corrected chi connectivity index (χ4v) is 3.43. The summed E-state index contributed by atoms with van der Waals surface area (Å²) < 4.78 is 4.97. The SMILES string of the molecule is COc1ccc(C(=O)Nc2nc(-c3ccc(C)s3)cs2)cn1. The second-order valence-corrected chi connectivity index (χ2v) is 6.64. The second-order valence-electron chi connectivity index (χ2n) is 4.49. The third kappa shape index (κ3) is 3.15. The van der Waals surface area contributed by atoms with Gasteiger partial charge in [-0.3, -0.25) is 10.1 Å². The van der Waals surface area contributed by atoms with Crippen molar-refractivity contribution in [1.82, 2.24) is 9.97 Å². The van der Waals surface area contributed by atoms with E-state index in [1.165, 1.54) is 29.5 Å². The summed E-state index contributed by atoms with van der Waals surface area (Å²) in [6.45, 7) is 2.06. The first-order valence-corrected chi connectivity index (χ1v) is 8.19. The lowest BCUT2D eigenvalue weighted by Gasteiger charge is -2.02. The number of aromatic nitrogens is 2. The molecule has 0 saturated carbocycles. The van der Waals surface area contributed by atoms with Crippen LogP contribution >= 0.6 is 22.7 Å². The Bertz CT molecular complexity index is 793. The van der Waals surface area contributed by atoms with Crippen LogP contribution in [0, 0.1) is 6.92 Å². The lowest BCUT2D eigenvalue weighted by atomic mass is 10.3. The molecule has 7 heteroatoms. The van der Waals surface area contributed by atoms with Gasteiger partial charge < -0.3 is 4.74 Å². The van der Waals surface area contributed by atoms with Gasteiger partial charge in [-0.15, -0.1) is 22.7 Å². The molecule has 3 aromatic rings. The first-order chi connectivity index (χ1) is 10.7. The molecule has 0 bridgehead atoms. The van der Waals surface area contributed by atoms with Crippen molar-refractivity contribution in [2.45, 2.75) is 6.92 Å². The number of pyridine rings is 1. The number of aryl methyl sites for hydroxylation is 1. The van der Waals surface area contributed by atoms with Gasteiger partial charge in [0, 0.05) is 22.5 Å². The summed E-state index contributed by atoms with van der Waals surface area (Å²) in [5.74, 6) is 0.236. The topological polar surface area (TPSA) is 64.1 Å². The maximum Gasteiger partial charge on any atom is 0.259 e. The Balaban J connectivity index is 1.72. The summed E-state index contributed by atoms with van der Waals surface area (Å²) in [5.41, 5.74) is 1.34. The lowest BCUT2D eigenvalue weighted by Crippen LogP contribution is -2.12. The van der Waals surface area contributed by atoms with Crippen molar-refractivity contribution in [3.05, 3.63) is 46.3 Å². The number of thiophene rings is 1. The quantitative estimate of drug-likeness (QED) is 0.789. The minimum atomic E-state index is -0.238. The number of amides is 1. The van der Waals surface area contributed by atoms with Gasteiger partial charge in [-0.2, -0.15) is 0 Å². The number of ether oxygens (including phenoxy) is 1. The van der Waals surface area contributed by atoms with Crippen molar-refractivity contribution in [2.24, 2.45) is 0 Å². The number of thiazole rings is 1. The number of hydrogen-bond acceptors (Lipinski definition) is 6. The maximum atomic E-state index is 12.1. The standard InChI is InChI=1S/C15H13N3O2S2/c1-9-3-5-12(22-9)11-8-21-15(17-11)18-14(19)10-4-6-13(20-2)16-7-10/h3-8H,1-2H3,(H,17,18,19). The first-order valence-electron chi connectivity index (χ1n) is 6.49. The first kappa shape index (κ1) is 14.7. The Morgan fingerprint density at radius 1 is 1.27 bits per heavy atom. The van der Waals surface area contributed by atoms with E-state index in [2.05, 4.69) is 28.3 Å². The normalized spacial score (nSPS) is 10.5. The molecule has 0 aliphatic rings. The molecule has 0 aliphatic heterocycles. The summed E-state index contributed by atoms with van der Waals surface area (Å²) >= 11 is 3.08. The summed E-state index contributed by atoms with van der Waals surface area (Å²) in [7, 11) is 1.53. The lowest BCUT2D eigenvalue weighted by molar-refractivity contribution is 0.102. The third-order valence-corrected chi connectivity index (χ3v) is 4.71.